The Labute approximate surface area is 137 Å². The molecule has 0 spiro atoms. The number of carbonyl (C=O) groups excluding carboxylic acids is 3. The SMILES string of the molecule is CN(C)C(=O)CN1CCC(NC(=O)NC2CC(=O)N(C)C2)CC1. The maximum Gasteiger partial charge on any atom is 0.315 e. The first kappa shape index (κ1) is 17.5. The second kappa shape index (κ2) is 7.63. The highest BCUT2D eigenvalue weighted by Gasteiger charge is 2.29. The average molecular weight is 325 g/mol. The zero-order valence-electron chi connectivity index (χ0n) is 14.2. The van der Waals surface area contributed by atoms with Crippen molar-refractivity contribution >= 4 is 17.8 Å². The molecular weight excluding hydrogens is 298 g/mol. The van der Waals surface area contributed by atoms with Crippen molar-refractivity contribution in [1.29, 1.82) is 0 Å². The fourth-order valence-electron chi connectivity index (χ4n) is 2.94. The van der Waals surface area contributed by atoms with Crippen molar-refractivity contribution < 1.29 is 14.4 Å². The minimum atomic E-state index is -0.207. The lowest BCUT2D eigenvalue weighted by atomic mass is 10.1. The summed E-state index contributed by atoms with van der Waals surface area (Å²) in [6, 6.07) is -0.193. The molecule has 8 nitrogen and oxygen atoms in total. The molecule has 0 aromatic rings. The van der Waals surface area contributed by atoms with Crippen LogP contribution in [-0.2, 0) is 9.59 Å². The summed E-state index contributed by atoms with van der Waals surface area (Å²) >= 11 is 0. The quantitative estimate of drug-likeness (QED) is 0.699. The van der Waals surface area contributed by atoms with E-state index in [2.05, 4.69) is 15.5 Å². The summed E-state index contributed by atoms with van der Waals surface area (Å²) < 4.78 is 0. The summed E-state index contributed by atoms with van der Waals surface area (Å²) in [6.45, 7) is 2.60. The van der Waals surface area contributed by atoms with Crippen LogP contribution in [0.25, 0.3) is 0 Å². The van der Waals surface area contributed by atoms with E-state index in [1.54, 1.807) is 30.9 Å². The lowest BCUT2D eigenvalue weighted by Crippen LogP contribution is -2.51. The van der Waals surface area contributed by atoms with Gasteiger partial charge in [0.1, 0.15) is 0 Å². The summed E-state index contributed by atoms with van der Waals surface area (Å²) in [5.74, 6) is 0.165. The minimum Gasteiger partial charge on any atom is -0.348 e. The molecule has 0 aromatic heterocycles. The van der Waals surface area contributed by atoms with E-state index >= 15 is 0 Å². The number of piperidine rings is 1. The second-order valence-electron chi connectivity index (χ2n) is 6.63. The summed E-state index contributed by atoms with van der Waals surface area (Å²) in [7, 11) is 5.25. The van der Waals surface area contributed by atoms with Gasteiger partial charge in [-0.2, -0.15) is 0 Å². The summed E-state index contributed by atoms with van der Waals surface area (Å²) in [5, 5.41) is 5.83. The predicted molar refractivity (Wildman–Crippen MR) is 85.9 cm³/mol. The molecule has 0 aliphatic carbocycles. The fraction of sp³-hybridized carbons (Fsp3) is 0.800. The zero-order chi connectivity index (χ0) is 17.0. The van der Waals surface area contributed by atoms with Gasteiger partial charge < -0.3 is 20.4 Å². The maximum absolute atomic E-state index is 12.0. The van der Waals surface area contributed by atoms with Crippen molar-refractivity contribution in [3.63, 3.8) is 0 Å². The third kappa shape index (κ3) is 5.09. The molecule has 2 aliphatic heterocycles. The molecule has 23 heavy (non-hydrogen) atoms. The molecule has 8 heteroatoms. The van der Waals surface area contributed by atoms with Gasteiger partial charge in [-0.15, -0.1) is 0 Å². The predicted octanol–water partition coefficient (Wildman–Crippen LogP) is -0.931. The zero-order valence-corrected chi connectivity index (χ0v) is 14.2. The summed E-state index contributed by atoms with van der Waals surface area (Å²) in [6.07, 6.45) is 2.03. The smallest absolute Gasteiger partial charge is 0.315 e. The van der Waals surface area contributed by atoms with E-state index in [1.807, 2.05) is 0 Å². The lowest BCUT2D eigenvalue weighted by Gasteiger charge is -2.32. The van der Waals surface area contributed by atoms with E-state index in [1.165, 1.54) is 0 Å². The van der Waals surface area contributed by atoms with Crippen LogP contribution in [0.3, 0.4) is 0 Å². The number of likely N-dealkylation sites (N-methyl/N-ethyl adjacent to an activating group) is 2. The van der Waals surface area contributed by atoms with Gasteiger partial charge in [0.05, 0.1) is 12.6 Å². The fourth-order valence-corrected chi connectivity index (χ4v) is 2.94. The Morgan fingerprint density at radius 2 is 1.78 bits per heavy atom. The number of urea groups is 1. The number of rotatable bonds is 4. The molecule has 2 saturated heterocycles. The number of carbonyl (C=O) groups is 3. The Kier molecular flexibility index (Phi) is 5.81. The molecule has 1 atom stereocenters. The third-order valence-electron chi connectivity index (χ3n) is 4.46. The highest BCUT2D eigenvalue weighted by atomic mass is 16.2. The average Bonchev–Trinajstić information content (AvgIpc) is 2.78. The molecule has 1 unspecified atom stereocenters. The summed E-state index contributed by atoms with van der Waals surface area (Å²) in [5.41, 5.74) is 0. The largest absolute Gasteiger partial charge is 0.348 e. The van der Waals surface area contributed by atoms with Crippen LogP contribution in [0.2, 0.25) is 0 Å². The first-order valence-electron chi connectivity index (χ1n) is 8.08. The molecular formula is C15H27N5O3. The molecule has 0 bridgehead atoms. The Morgan fingerprint density at radius 1 is 1.17 bits per heavy atom. The normalized spacial score (nSPS) is 23.0. The minimum absolute atomic E-state index is 0.0640. The van der Waals surface area contributed by atoms with Gasteiger partial charge in [-0.05, 0) is 12.8 Å². The van der Waals surface area contributed by atoms with Crippen LogP contribution >= 0.6 is 0 Å². The molecule has 130 valence electrons. The van der Waals surface area contributed by atoms with E-state index in [-0.39, 0.29) is 29.9 Å². The highest BCUT2D eigenvalue weighted by molar-refractivity contribution is 5.81. The standard InChI is InChI=1S/C15H27N5O3/c1-18(2)14(22)10-20-6-4-11(5-7-20)16-15(23)17-12-8-13(21)19(3)9-12/h11-12H,4-10H2,1-3H3,(H2,16,17,23). The molecule has 2 N–H and O–H groups in total. The van der Waals surface area contributed by atoms with E-state index in [4.69, 9.17) is 0 Å². The van der Waals surface area contributed by atoms with Gasteiger partial charge in [0.15, 0.2) is 0 Å². The van der Waals surface area contributed by atoms with Gasteiger partial charge in [0.2, 0.25) is 11.8 Å². The number of nitrogens with zero attached hydrogens (tertiary/aromatic N) is 3. The number of hydrogen-bond acceptors (Lipinski definition) is 4. The van der Waals surface area contributed by atoms with E-state index < -0.39 is 0 Å². The highest BCUT2D eigenvalue weighted by Crippen LogP contribution is 2.11. The van der Waals surface area contributed by atoms with Crippen molar-refractivity contribution in [2.45, 2.75) is 31.3 Å². The van der Waals surface area contributed by atoms with Crippen LogP contribution in [0.1, 0.15) is 19.3 Å². The molecule has 2 rings (SSSR count). The third-order valence-corrected chi connectivity index (χ3v) is 4.46. The van der Waals surface area contributed by atoms with Gasteiger partial charge >= 0.3 is 6.03 Å². The van der Waals surface area contributed by atoms with Gasteiger partial charge in [0, 0.05) is 53.2 Å². The number of amides is 4. The first-order chi connectivity index (χ1) is 10.8. The van der Waals surface area contributed by atoms with Crippen LogP contribution in [-0.4, -0.2) is 92.0 Å². The number of nitrogens with one attached hydrogen (secondary N) is 2. The van der Waals surface area contributed by atoms with E-state index in [0.29, 0.717) is 19.5 Å². The van der Waals surface area contributed by atoms with Crippen molar-refractivity contribution in [1.82, 2.24) is 25.3 Å². The van der Waals surface area contributed by atoms with E-state index in [9.17, 15) is 14.4 Å². The Balaban J connectivity index is 1.67. The molecule has 2 heterocycles. The van der Waals surface area contributed by atoms with E-state index in [0.717, 1.165) is 25.9 Å². The molecule has 4 amide bonds. The van der Waals surface area contributed by atoms with Crippen molar-refractivity contribution in [2.24, 2.45) is 0 Å². The van der Waals surface area contributed by atoms with Crippen molar-refractivity contribution in [3.8, 4) is 0 Å². The first-order valence-corrected chi connectivity index (χ1v) is 8.08. The van der Waals surface area contributed by atoms with Crippen LogP contribution < -0.4 is 10.6 Å². The number of hydrogen-bond donors (Lipinski definition) is 2. The van der Waals surface area contributed by atoms with Crippen LogP contribution in [0.5, 0.6) is 0 Å². The summed E-state index contributed by atoms with van der Waals surface area (Å²) in [4.78, 5) is 40.5. The molecule has 0 radical (unpaired) electrons. The van der Waals surface area contributed by atoms with Gasteiger partial charge in [-0.1, -0.05) is 0 Å². The van der Waals surface area contributed by atoms with Crippen LogP contribution in [0.4, 0.5) is 4.79 Å². The Bertz CT molecular complexity index is 460. The molecule has 0 aromatic carbocycles. The topological polar surface area (TPSA) is 85.0 Å². The number of likely N-dealkylation sites (tertiary alicyclic amines) is 2. The van der Waals surface area contributed by atoms with Gasteiger partial charge in [-0.25, -0.2) is 4.79 Å². The van der Waals surface area contributed by atoms with Crippen molar-refractivity contribution in [2.75, 3.05) is 47.3 Å². The van der Waals surface area contributed by atoms with Gasteiger partial charge in [-0.3, -0.25) is 14.5 Å². The molecule has 2 fully saturated rings. The van der Waals surface area contributed by atoms with Crippen LogP contribution in [0, 0.1) is 0 Å². The van der Waals surface area contributed by atoms with Gasteiger partial charge in [0.25, 0.3) is 0 Å². The van der Waals surface area contributed by atoms with Crippen LogP contribution in [0.15, 0.2) is 0 Å². The van der Waals surface area contributed by atoms with Crippen molar-refractivity contribution in [3.05, 3.63) is 0 Å². The second-order valence-corrected chi connectivity index (χ2v) is 6.63. The Morgan fingerprint density at radius 3 is 2.30 bits per heavy atom. The maximum atomic E-state index is 12.0. The lowest BCUT2D eigenvalue weighted by molar-refractivity contribution is -0.130. The molecule has 2 aliphatic rings. The molecule has 0 saturated carbocycles. The monoisotopic (exact) mass is 325 g/mol. The Hall–Kier alpha value is -1.83.